The Balaban J connectivity index is 1.21. The predicted octanol–water partition coefficient (Wildman–Crippen LogP) is 0.0784. The lowest BCUT2D eigenvalue weighted by atomic mass is 9.97. The molecule has 2 aromatic rings. The first-order valence-corrected chi connectivity index (χ1v) is 12.2. The summed E-state index contributed by atoms with van der Waals surface area (Å²) in [7, 11) is 0. The van der Waals surface area contributed by atoms with Gasteiger partial charge in [-0.2, -0.15) is 13.2 Å². The third kappa shape index (κ3) is 7.51. The average Bonchev–Trinajstić information content (AvgIpc) is 2.89. The van der Waals surface area contributed by atoms with E-state index in [1.54, 1.807) is 12.1 Å². The largest absolute Gasteiger partial charge is 0.484 e. The summed E-state index contributed by atoms with van der Waals surface area (Å²) >= 11 is 0. The monoisotopic (exact) mass is 540 g/mol. The molecule has 1 aromatic carbocycles. The Hall–Kier alpha value is -3.04. The number of ether oxygens (including phenoxy) is 2. The van der Waals surface area contributed by atoms with Crippen molar-refractivity contribution in [2.45, 2.75) is 37.1 Å². The quantitative estimate of drug-likeness (QED) is 0.345. The van der Waals surface area contributed by atoms with E-state index >= 15 is 0 Å². The molecule has 2 aliphatic rings. The van der Waals surface area contributed by atoms with Gasteiger partial charge in [-0.05, 0) is 17.7 Å². The molecular weight excluding hydrogens is 509 g/mol. The van der Waals surface area contributed by atoms with Crippen LogP contribution in [0.25, 0.3) is 0 Å². The van der Waals surface area contributed by atoms with Gasteiger partial charge in [-0.15, -0.1) is 0 Å². The Morgan fingerprint density at radius 1 is 1.11 bits per heavy atom. The molecule has 1 amide bonds. The zero-order valence-electron chi connectivity index (χ0n) is 20.5. The topological polar surface area (TPSA) is 146 Å². The van der Waals surface area contributed by atoms with Crippen molar-refractivity contribution in [2.24, 2.45) is 5.73 Å². The standard InChI is InChI=1S/C24H31F3N6O5/c25-24(26,27)19-9-29-10-21(31-19)30-17-13-38-18(23(36)22(17)35)12-33-7-5-32(6-8-33)11-15-1-3-16(4-2-15)37-14-20(28)34/h1-4,9-10,17-18,22-23,35-36H,5-8,11-14H2,(H2,28,34)(H,30,31)/t17-,18+,22+,23-/m0/s1. The van der Waals surface area contributed by atoms with E-state index in [0.717, 1.165) is 44.5 Å². The molecule has 0 unspecified atom stereocenters. The summed E-state index contributed by atoms with van der Waals surface area (Å²) in [5, 5.41) is 23.9. The molecule has 0 aliphatic carbocycles. The number of alkyl halides is 3. The number of carbonyl (C=O) groups excluding carboxylic acids is 1. The second-order valence-corrected chi connectivity index (χ2v) is 9.37. The van der Waals surface area contributed by atoms with Crippen LogP contribution in [0.4, 0.5) is 19.0 Å². The van der Waals surface area contributed by atoms with Crippen LogP contribution in [0.5, 0.6) is 5.75 Å². The van der Waals surface area contributed by atoms with E-state index in [0.29, 0.717) is 18.5 Å². The average molecular weight is 541 g/mol. The second-order valence-electron chi connectivity index (χ2n) is 9.37. The predicted molar refractivity (Wildman–Crippen MR) is 129 cm³/mol. The van der Waals surface area contributed by atoms with Gasteiger partial charge in [0.05, 0.1) is 31.1 Å². The van der Waals surface area contributed by atoms with Crippen LogP contribution in [-0.4, -0.2) is 106 Å². The zero-order valence-corrected chi connectivity index (χ0v) is 20.5. The summed E-state index contributed by atoms with van der Waals surface area (Å²) < 4.78 is 49.7. The third-order valence-electron chi connectivity index (χ3n) is 6.50. The summed E-state index contributed by atoms with van der Waals surface area (Å²) in [5.74, 6) is -0.123. The first-order chi connectivity index (χ1) is 18.1. The zero-order chi connectivity index (χ0) is 27.3. The van der Waals surface area contributed by atoms with Gasteiger partial charge in [0.25, 0.3) is 5.91 Å². The van der Waals surface area contributed by atoms with Crippen LogP contribution >= 0.6 is 0 Å². The van der Waals surface area contributed by atoms with Crippen molar-refractivity contribution in [3.8, 4) is 5.75 Å². The van der Waals surface area contributed by atoms with Gasteiger partial charge >= 0.3 is 6.18 Å². The SMILES string of the molecule is NC(=O)COc1ccc(CN2CCN(C[C@H]3OC[C@H](Nc4cncc(C(F)(F)F)n4)[C@@H](O)[C@H]3O)CC2)cc1. The maximum absolute atomic E-state index is 12.9. The van der Waals surface area contributed by atoms with E-state index in [1.807, 2.05) is 12.1 Å². The van der Waals surface area contributed by atoms with Gasteiger partial charge in [0.15, 0.2) is 12.3 Å². The van der Waals surface area contributed by atoms with Crippen molar-refractivity contribution < 1.29 is 37.7 Å². The van der Waals surface area contributed by atoms with Crippen LogP contribution in [0, 0.1) is 0 Å². The van der Waals surface area contributed by atoms with Gasteiger partial charge in [-0.1, -0.05) is 12.1 Å². The van der Waals surface area contributed by atoms with Crippen molar-refractivity contribution >= 4 is 11.7 Å². The number of nitrogens with one attached hydrogen (secondary N) is 1. The Kier molecular flexibility index (Phi) is 8.99. The third-order valence-corrected chi connectivity index (χ3v) is 6.50. The smallest absolute Gasteiger partial charge is 0.434 e. The summed E-state index contributed by atoms with van der Waals surface area (Å²) in [6.45, 7) is 4.05. The van der Waals surface area contributed by atoms with Gasteiger partial charge in [0.1, 0.15) is 23.8 Å². The van der Waals surface area contributed by atoms with E-state index in [1.165, 1.54) is 0 Å². The summed E-state index contributed by atoms with van der Waals surface area (Å²) in [5.41, 5.74) is 5.03. The molecule has 2 saturated heterocycles. The molecule has 5 N–H and O–H groups in total. The van der Waals surface area contributed by atoms with Crippen molar-refractivity contribution in [1.29, 1.82) is 0 Å². The van der Waals surface area contributed by atoms with Crippen molar-refractivity contribution in [3.63, 3.8) is 0 Å². The minimum Gasteiger partial charge on any atom is -0.484 e. The number of benzene rings is 1. The highest BCUT2D eigenvalue weighted by atomic mass is 19.4. The second kappa shape index (κ2) is 12.2. The maximum Gasteiger partial charge on any atom is 0.434 e. The Bertz CT molecular complexity index is 1070. The van der Waals surface area contributed by atoms with E-state index < -0.39 is 42.1 Å². The number of aliphatic hydroxyl groups excluding tert-OH is 2. The van der Waals surface area contributed by atoms with Crippen LogP contribution in [0.3, 0.4) is 0 Å². The summed E-state index contributed by atoms with van der Waals surface area (Å²) in [4.78, 5) is 22.3. The lowest BCUT2D eigenvalue weighted by Gasteiger charge is -2.42. The van der Waals surface area contributed by atoms with Gasteiger partial charge in [-0.25, -0.2) is 4.98 Å². The lowest BCUT2D eigenvalue weighted by molar-refractivity contribution is -0.148. The molecule has 0 saturated carbocycles. The Morgan fingerprint density at radius 3 is 2.45 bits per heavy atom. The number of hydrogen-bond donors (Lipinski definition) is 4. The van der Waals surface area contributed by atoms with E-state index in [-0.39, 0.29) is 19.0 Å². The van der Waals surface area contributed by atoms with Crippen LogP contribution in [0.1, 0.15) is 11.3 Å². The highest BCUT2D eigenvalue weighted by Crippen LogP contribution is 2.28. The fraction of sp³-hybridized carbons (Fsp3) is 0.542. The van der Waals surface area contributed by atoms with Crippen LogP contribution in [0.15, 0.2) is 36.7 Å². The Labute approximate surface area is 217 Å². The molecule has 2 aliphatic heterocycles. The number of aliphatic hydroxyl groups is 2. The van der Waals surface area contributed by atoms with E-state index in [2.05, 4.69) is 25.1 Å². The molecule has 3 heterocycles. The molecule has 0 spiro atoms. The molecule has 0 bridgehead atoms. The van der Waals surface area contributed by atoms with Crippen molar-refractivity contribution in [2.75, 3.05) is 51.3 Å². The maximum atomic E-state index is 12.9. The molecule has 1 aromatic heterocycles. The highest BCUT2D eigenvalue weighted by molar-refractivity contribution is 5.75. The normalized spacial score (nSPS) is 25.2. The molecule has 4 rings (SSSR count). The van der Waals surface area contributed by atoms with Gasteiger partial charge in [-0.3, -0.25) is 19.6 Å². The molecule has 2 fully saturated rings. The fourth-order valence-electron chi connectivity index (χ4n) is 4.42. The minimum absolute atomic E-state index is 0.0140. The highest BCUT2D eigenvalue weighted by Gasteiger charge is 2.40. The molecule has 0 radical (unpaired) electrons. The number of aromatic nitrogens is 2. The number of halogens is 3. The first-order valence-electron chi connectivity index (χ1n) is 12.2. The fourth-order valence-corrected chi connectivity index (χ4v) is 4.42. The van der Waals surface area contributed by atoms with Gasteiger partial charge in [0.2, 0.25) is 0 Å². The first kappa shape index (κ1) is 28.0. The Morgan fingerprint density at radius 2 is 1.79 bits per heavy atom. The molecular formula is C24H31F3N6O5. The molecule has 11 nitrogen and oxygen atoms in total. The minimum atomic E-state index is -4.65. The lowest BCUT2D eigenvalue weighted by Crippen LogP contribution is -2.59. The number of nitrogens with zero attached hydrogens (tertiary/aromatic N) is 4. The number of rotatable bonds is 9. The summed E-state index contributed by atoms with van der Waals surface area (Å²) in [6, 6.07) is 6.62. The van der Waals surface area contributed by atoms with E-state index in [9.17, 15) is 28.2 Å². The number of anilines is 1. The molecule has 38 heavy (non-hydrogen) atoms. The number of nitrogens with two attached hydrogens (primary N) is 1. The van der Waals surface area contributed by atoms with Gasteiger partial charge in [0, 0.05) is 39.3 Å². The number of amides is 1. The molecule has 208 valence electrons. The van der Waals surface area contributed by atoms with Crippen LogP contribution in [-0.2, 0) is 22.3 Å². The number of carbonyl (C=O) groups is 1. The number of hydrogen-bond acceptors (Lipinski definition) is 10. The van der Waals surface area contributed by atoms with Crippen LogP contribution in [0.2, 0.25) is 0 Å². The van der Waals surface area contributed by atoms with Gasteiger partial charge < -0.3 is 30.7 Å². The number of primary amides is 1. The number of piperazine rings is 1. The summed E-state index contributed by atoms with van der Waals surface area (Å²) in [6.07, 6.45) is -6.05. The molecule has 4 atom stereocenters. The molecule has 14 heteroatoms. The van der Waals surface area contributed by atoms with Crippen LogP contribution < -0.4 is 15.8 Å². The van der Waals surface area contributed by atoms with Crippen molar-refractivity contribution in [3.05, 3.63) is 47.9 Å². The van der Waals surface area contributed by atoms with Crippen molar-refractivity contribution in [1.82, 2.24) is 19.8 Å². The van der Waals surface area contributed by atoms with E-state index in [4.69, 9.17) is 15.2 Å².